The molecule has 0 saturated heterocycles. The largest absolute Gasteiger partial charge is 0.497 e. The Bertz CT molecular complexity index is 1330. The minimum absolute atomic E-state index is 0.0143. The number of halogens is 1. The first-order valence-corrected chi connectivity index (χ1v) is 12.1. The Hall–Kier alpha value is -3.63. The van der Waals surface area contributed by atoms with Gasteiger partial charge in [0.05, 0.1) is 56.1 Å². The van der Waals surface area contributed by atoms with Gasteiger partial charge in [-0.05, 0) is 42.5 Å². The predicted molar refractivity (Wildman–Crippen MR) is 133 cm³/mol. The van der Waals surface area contributed by atoms with Gasteiger partial charge in [-0.2, -0.15) is 0 Å². The number of hydrogen-bond donors (Lipinski definition) is 2. The monoisotopic (exact) mass is 520 g/mol. The van der Waals surface area contributed by atoms with Gasteiger partial charge in [0.15, 0.2) is 11.5 Å². The average Bonchev–Trinajstić information content (AvgIpc) is 2.87. The Morgan fingerprint density at radius 1 is 0.800 bits per heavy atom. The fourth-order valence-electron chi connectivity index (χ4n) is 3.26. The maximum atomic E-state index is 13.5. The van der Waals surface area contributed by atoms with E-state index >= 15 is 0 Å². The number of rotatable bonds is 10. The van der Waals surface area contributed by atoms with Gasteiger partial charge in [0.25, 0.3) is 0 Å². The minimum atomic E-state index is -4.03. The molecular weight excluding hydrogens is 496 g/mol. The van der Waals surface area contributed by atoms with E-state index < -0.39 is 15.7 Å². The Morgan fingerprint density at radius 2 is 1.49 bits per heavy atom. The summed E-state index contributed by atoms with van der Waals surface area (Å²) in [6.45, 7) is -0.226. The summed E-state index contributed by atoms with van der Waals surface area (Å²) in [6, 6.07) is 13.6. The lowest BCUT2D eigenvalue weighted by Gasteiger charge is -2.16. The van der Waals surface area contributed by atoms with Crippen LogP contribution in [-0.2, 0) is 14.6 Å². The fourth-order valence-corrected chi connectivity index (χ4v) is 4.89. The van der Waals surface area contributed by atoms with Gasteiger partial charge in [0, 0.05) is 17.2 Å². The molecule has 3 aromatic rings. The summed E-state index contributed by atoms with van der Waals surface area (Å²) >= 11 is 6.01. The molecule has 0 aliphatic heterocycles. The van der Waals surface area contributed by atoms with Crippen LogP contribution in [0.15, 0.2) is 64.4 Å². The molecule has 186 valence electrons. The van der Waals surface area contributed by atoms with Crippen LogP contribution in [0.1, 0.15) is 0 Å². The molecule has 0 heterocycles. The molecule has 0 aliphatic carbocycles. The number of anilines is 2. The number of sulfone groups is 1. The number of carbonyl (C=O) groups is 1. The number of carbonyl (C=O) groups excluding carboxylic acids is 1. The Kier molecular flexibility index (Phi) is 8.31. The van der Waals surface area contributed by atoms with Gasteiger partial charge >= 0.3 is 0 Å². The second-order valence-corrected chi connectivity index (χ2v) is 9.48. The average molecular weight is 521 g/mol. The summed E-state index contributed by atoms with van der Waals surface area (Å²) < 4.78 is 47.9. The quantitative estimate of drug-likeness (QED) is 0.408. The molecule has 2 N–H and O–H groups in total. The first-order chi connectivity index (χ1) is 16.7. The molecule has 0 bridgehead atoms. The molecule has 0 atom stereocenters. The van der Waals surface area contributed by atoms with Crippen molar-refractivity contribution in [2.75, 3.05) is 45.6 Å². The zero-order valence-corrected chi connectivity index (χ0v) is 21.1. The van der Waals surface area contributed by atoms with E-state index in [9.17, 15) is 13.2 Å². The van der Waals surface area contributed by atoms with Gasteiger partial charge in [-0.25, -0.2) is 8.42 Å². The number of ether oxygens (including phenoxy) is 4. The van der Waals surface area contributed by atoms with Crippen molar-refractivity contribution in [3.63, 3.8) is 0 Å². The number of hydrogen-bond acceptors (Lipinski definition) is 8. The number of benzene rings is 3. The third-order valence-corrected chi connectivity index (χ3v) is 7.05. The first-order valence-electron chi connectivity index (χ1n) is 10.3. The van der Waals surface area contributed by atoms with Crippen LogP contribution in [0.4, 0.5) is 11.4 Å². The van der Waals surface area contributed by atoms with Crippen molar-refractivity contribution in [1.29, 1.82) is 0 Å². The maximum absolute atomic E-state index is 13.5. The van der Waals surface area contributed by atoms with E-state index in [-0.39, 0.29) is 27.8 Å². The molecule has 3 rings (SSSR count). The van der Waals surface area contributed by atoms with Crippen molar-refractivity contribution in [2.45, 2.75) is 9.79 Å². The molecule has 35 heavy (non-hydrogen) atoms. The van der Waals surface area contributed by atoms with Crippen molar-refractivity contribution >= 4 is 38.7 Å². The molecule has 0 fully saturated rings. The van der Waals surface area contributed by atoms with Crippen LogP contribution >= 0.6 is 11.6 Å². The van der Waals surface area contributed by atoms with Gasteiger partial charge in [-0.1, -0.05) is 11.6 Å². The third-order valence-electron chi connectivity index (χ3n) is 5.02. The maximum Gasteiger partial charge on any atom is 0.243 e. The Labute approximate surface area is 208 Å². The topological polar surface area (TPSA) is 112 Å². The van der Waals surface area contributed by atoms with Crippen molar-refractivity contribution in [2.24, 2.45) is 0 Å². The van der Waals surface area contributed by atoms with E-state index in [2.05, 4.69) is 10.6 Å². The van der Waals surface area contributed by atoms with Crippen molar-refractivity contribution < 1.29 is 32.2 Å². The highest BCUT2D eigenvalue weighted by molar-refractivity contribution is 7.91. The Morgan fingerprint density at radius 3 is 2.14 bits per heavy atom. The number of methoxy groups -OCH3 is 4. The summed E-state index contributed by atoms with van der Waals surface area (Å²) in [6.07, 6.45) is 0. The van der Waals surface area contributed by atoms with E-state index in [0.29, 0.717) is 28.0 Å². The van der Waals surface area contributed by atoms with Gasteiger partial charge in [0.1, 0.15) is 11.5 Å². The van der Waals surface area contributed by atoms with Crippen LogP contribution in [0, 0.1) is 0 Å². The highest BCUT2D eigenvalue weighted by Gasteiger charge is 2.24. The normalized spacial score (nSPS) is 10.9. The molecule has 9 nitrogen and oxygen atoms in total. The third kappa shape index (κ3) is 5.90. The highest BCUT2D eigenvalue weighted by atomic mass is 35.5. The minimum Gasteiger partial charge on any atom is -0.497 e. The number of amides is 1. The fraction of sp³-hybridized carbons (Fsp3) is 0.208. The van der Waals surface area contributed by atoms with Crippen LogP contribution in [0.25, 0.3) is 0 Å². The second-order valence-electron chi connectivity index (χ2n) is 7.13. The molecular formula is C24H25ClN2O7S. The van der Waals surface area contributed by atoms with Crippen LogP contribution in [0.5, 0.6) is 23.0 Å². The predicted octanol–water partition coefficient (Wildman–Crippen LogP) is 4.26. The lowest BCUT2D eigenvalue weighted by atomic mass is 10.2. The van der Waals surface area contributed by atoms with E-state index in [1.54, 1.807) is 24.3 Å². The molecule has 0 spiro atoms. The zero-order valence-electron chi connectivity index (χ0n) is 19.5. The second kappa shape index (κ2) is 11.2. The molecule has 0 saturated carbocycles. The lowest BCUT2D eigenvalue weighted by molar-refractivity contribution is -0.114. The van der Waals surface area contributed by atoms with Gasteiger partial charge < -0.3 is 29.6 Å². The highest BCUT2D eigenvalue weighted by Crippen LogP contribution is 2.35. The van der Waals surface area contributed by atoms with Gasteiger partial charge in [0.2, 0.25) is 15.7 Å². The Balaban J connectivity index is 1.90. The van der Waals surface area contributed by atoms with Gasteiger partial charge in [-0.3, -0.25) is 4.79 Å². The smallest absolute Gasteiger partial charge is 0.243 e. The summed E-state index contributed by atoms with van der Waals surface area (Å²) in [5.74, 6) is 0.992. The molecule has 11 heteroatoms. The molecule has 0 unspecified atom stereocenters. The lowest BCUT2D eigenvalue weighted by Crippen LogP contribution is -2.23. The summed E-state index contributed by atoms with van der Waals surface area (Å²) in [4.78, 5) is 12.5. The molecule has 0 aromatic heterocycles. The van der Waals surface area contributed by atoms with E-state index in [1.165, 1.54) is 58.8 Å². The first kappa shape index (κ1) is 26.0. The summed E-state index contributed by atoms with van der Waals surface area (Å²) in [5.41, 5.74) is 0.605. The van der Waals surface area contributed by atoms with E-state index in [0.717, 1.165) is 0 Å². The van der Waals surface area contributed by atoms with Crippen LogP contribution in [-0.4, -0.2) is 49.3 Å². The van der Waals surface area contributed by atoms with E-state index in [4.69, 9.17) is 30.5 Å². The summed E-state index contributed by atoms with van der Waals surface area (Å²) in [5, 5.41) is 6.01. The molecule has 0 aliphatic rings. The zero-order chi connectivity index (χ0) is 25.6. The van der Waals surface area contributed by atoms with Crippen LogP contribution < -0.4 is 29.6 Å². The van der Waals surface area contributed by atoms with Crippen molar-refractivity contribution in [1.82, 2.24) is 0 Å². The molecule has 3 aromatic carbocycles. The van der Waals surface area contributed by atoms with Crippen molar-refractivity contribution in [3.8, 4) is 23.0 Å². The molecule has 1 amide bonds. The van der Waals surface area contributed by atoms with Crippen LogP contribution in [0.3, 0.4) is 0 Å². The number of nitrogens with one attached hydrogen (secondary N) is 2. The standard InChI is InChI=1S/C24H25ClN2O7S/c1-31-16-6-8-18(26-14-24(28)27-19-11-15(25)5-9-20(19)32-2)23(12-16)35(29,30)17-7-10-21(33-3)22(13-17)34-4/h5-13,26H,14H2,1-4H3,(H,27,28). The van der Waals surface area contributed by atoms with E-state index in [1.807, 2.05) is 0 Å². The molecule has 0 radical (unpaired) electrons. The van der Waals surface area contributed by atoms with Crippen LogP contribution in [0.2, 0.25) is 5.02 Å². The summed E-state index contributed by atoms with van der Waals surface area (Å²) in [7, 11) is 1.75. The van der Waals surface area contributed by atoms with Crippen molar-refractivity contribution in [3.05, 3.63) is 59.6 Å². The van der Waals surface area contributed by atoms with Gasteiger partial charge in [-0.15, -0.1) is 0 Å². The SMILES string of the molecule is COc1ccc(NCC(=O)Nc2cc(Cl)ccc2OC)c(S(=O)(=O)c2ccc(OC)c(OC)c2)c1.